The van der Waals surface area contributed by atoms with Gasteiger partial charge < -0.3 is 19.8 Å². The van der Waals surface area contributed by atoms with Gasteiger partial charge in [-0.3, -0.25) is 19.2 Å². The molecular weight excluding hydrogens is 666 g/mol. The number of methoxy groups -OCH3 is 1. The average Bonchev–Trinajstić information content (AvgIpc) is 3.47. The lowest BCUT2D eigenvalue weighted by atomic mass is 9.82. The fraction of sp³-hybridized carbons (Fsp3) is 0.172. The lowest BCUT2D eigenvalue weighted by Gasteiger charge is -2.31. The van der Waals surface area contributed by atoms with E-state index in [1.165, 1.54) is 16.7 Å². The van der Waals surface area contributed by atoms with Crippen LogP contribution in [0.25, 0.3) is 0 Å². The van der Waals surface area contributed by atoms with Gasteiger partial charge in [0.2, 0.25) is 11.8 Å². The molecule has 3 aromatic carbocycles. The quantitative estimate of drug-likeness (QED) is 0.241. The molecule has 0 spiro atoms. The summed E-state index contributed by atoms with van der Waals surface area (Å²) in [5.74, 6) is -1.64. The van der Waals surface area contributed by atoms with Gasteiger partial charge in [0.1, 0.15) is 16.7 Å². The molecule has 1 aromatic heterocycles. The van der Waals surface area contributed by atoms with E-state index in [1.807, 2.05) is 0 Å². The molecular formula is C29H21BrClN3O6S2. The summed E-state index contributed by atoms with van der Waals surface area (Å²) < 4.78 is 11.9. The number of aromatic amines is 1. The monoisotopic (exact) mass is 685 g/mol. The number of carbonyl (C=O) groups excluding carboxylic acids is 3. The van der Waals surface area contributed by atoms with Gasteiger partial charge in [-0.1, -0.05) is 50.6 Å². The van der Waals surface area contributed by atoms with Crippen molar-refractivity contribution in [3.05, 3.63) is 96.3 Å². The maximum atomic E-state index is 14.0. The van der Waals surface area contributed by atoms with Crippen LogP contribution in [0.15, 0.2) is 81.0 Å². The van der Waals surface area contributed by atoms with Gasteiger partial charge in [-0.15, -0.1) is 0 Å². The molecule has 3 heterocycles. The van der Waals surface area contributed by atoms with Gasteiger partial charge in [0.25, 0.3) is 5.91 Å². The van der Waals surface area contributed by atoms with Crippen LogP contribution in [0.2, 0.25) is 5.02 Å². The van der Waals surface area contributed by atoms with Crippen LogP contribution in [-0.4, -0.2) is 41.7 Å². The molecule has 3 amide bonds. The summed E-state index contributed by atoms with van der Waals surface area (Å²) >= 11 is 11.7. The summed E-state index contributed by atoms with van der Waals surface area (Å²) in [6.45, 7) is -0.309. The Bertz CT molecular complexity index is 1760. The molecule has 1 fully saturated rings. The number of halogens is 2. The smallest absolute Gasteiger partial charge is 0.305 e. The molecule has 1 saturated heterocycles. The minimum Gasteiger partial charge on any atom is -0.497 e. The number of ether oxygens (including phenoxy) is 2. The molecule has 13 heteroatoms. The Morgan fingerprint density at radius 1 is 1.05 bits per heavy atom. The minimum atomic E-state index is -0.818. The van der Waals surface area contributed by atoms with E-state index in [4.69, 9.17) is 21.1 Å². The molecule has 3 atom stereocenters. The highest BCUT2D eigenvalue weighted by Gasteiger charge is 2.56. The summed E-state index contributed by atoms with van der Waals surface area (Å²) in [4.78, 5) is 57.3. The van der Waals surface area contributed by atoms with Crippen LogP contribution in [0.5, 0.6) is 11.5 Å². The Kier molecular flexibility index (Phi) is 7.88. The van der Waals surface area contributed by atoms with Gasteiger partial charge in [-0.05, 0) is 66.7 Å². The minimum absolute atomic E-state index is 0.289. The Morgan fingerprint density at radius 2 is 1.79 bits per heavy atom. The Morgan fingerprint density at radius 3 is 2.50 bits per heavy atom. The molecule has 4 aromatic rings. The normalized spacial score (nSPS) is 19.3. The Balaban J connectivity index is 1.34. The lowest BCUT2D eigenvalue weighted by molar-refractivity contribution is -0.122. The highest BCUT2D eigenvalue weighted by atomic mass is 79.9. The predicted octanol–water partition coefficient (Wildman–Crippen LogP) is 5.67. The first-order valence-corrected chi connectivity index (χ1v) is 15.5. The summed E-state index contributed by atoms with van der Waals surface area (Å²) in [5, 5.41) is 3.02. The van der Waals surface area contributed by atoms with Crippen LogP contribution in [0, 0.1) is 5.92 Å². The zero-order valence-electron chi connectivity index (χ0n) is 21.8. The first-order valence-electron chi connectivity index (χ1n) is 12.6. The van der Waals surface area contributed by atoms with E-state index in [0.717, 1.165) is 11.3 Å². The van der Waals surface area contributed by atoms with Crippen molar-refractivity contribution in [3.8, 4) is 11.5 Å². The second-order valence-electron chi connectivity index (χ2n) is 9.49. The van der Waals surface area contributed by atoms with Gasteiger partial charge in [0, 0.05) is 31.5 Å². The summed E-state index contributed by atoms with van der Waals surface area (Å²) in [6.07, 6.45) is 0. The number of nitrogens with zero attached hydrogens (tertiary/aromatic N) is 1. The largest absolute Gasteiger partial charge is 0.497 e. The number of hydrogen-bond donors (Lipinski definition) is 2. The predicted molar refractivity (Wildman–Crippen MR) is 165 cm³/mol. The highest BCUT2D eigenvalue weighted by molar-refractivity contribution is 9.10. The molecule has 0 aliphatic carbocycles. The molecule has 6 rings (SSSR count). The maximum Gasteiger partial charge on any atom is 0.305 e. The van der Waals surface area contributed by atoms with Gasteiger partial charge in [-0.2, -0.15) is 0 Å². The zero-order valence-corrected chi connectivity index (χ0v) is 25.7. The van der Waals surface area contributed by atoms with Crippen molar-refractivity contribution in [3.63, 3.8) is 0 Å². The third-order valence-corrected chi connectivity index (χ3v) is 10.1. The second kappa shape index (κ2) is 11.6. The number of H-pyrrole nitrogens is 1. The Hall–Kier alpha value is -3.58. The number of aromatic nitrogens is 1. The average molecular weight is 687 g/mol. The molecule has 2 unspecified atom stereocenters. The molecule has 0 radical (unpaired) electrons. The summed E-state index contributed by atoms with van der Waals surface area (Å²) in [7, 11) is 1.56. The number of imide groups is 1. The van der Waals surface area contributed by atoms with Crippen molar-refractivity contribution < 1.29 is 23.9 Å². The number of anilines is 2. The van der Waals surface area contributed by atoms with Crippen molar-refractivity contribution in [2.75, 3.05) is 23.9 Å². The van der Waals surface area contributed by atoms with E-state index in [2.05, 4.69) is 26.2 Å². The number of thioether (sulfide) groups is 1. The van der Waals surface area contributed by atoms with Crippen LogP contribution in [0.1, 0.15) is 16.4 Å². The number of fused-ring (bicyclic) bond motifs is 2. The number of thiazole rings is 1. The number of benzene rings is 3. The van der Waals surface area contributed by atoms with Gasteiger partial charge in [0.05, 0.1) is 23.7 Å². The maximum absolute atomic E-state index is 14.0. The van der Waals surface area contributed by atoms with E-state index in [9.17, 15) is 19.2 Å². The number of hydrogen-bond acceptors (Lipinski definition) is 8. The van der Waals surface area contributed by atoms with Crippen LogP contribution < -0.4 is 24.6 Å². The van der Waals surface area contributed by atoms with E-state index in [0.29, 0.717) is 47.8 Å². The van der Waals surface area contributed by atoms with Crippen LogP contribution in [0.4, 0.5) is 11.4 Å². The van der Waals surface area contributed by atoms with Gasteiger partial charge in [0.15, 0.2) is 6.61 Å². The van der Waals surface area contributed by atoms with E-state index in [1.54, 1.807) is 73.8 Å². The third-order valence-electron chi connectivity index (χ3n) is 6.95. The van der Waals surface area contributed by atoms with Gasteiger partial charge in [-0.25, -0.2) is 4.90 Å². The molecule has 2 aliphatic rings. The van der Waals surface area contributed by atoms with Crippen LogP contribution in [-0.2, 0) is 14.4 Å². The summed E-state index contributed by atoms with van der Waals surface area (Å²) in [6, 6.07) is 18.6. The molecule has 214 valence electrons. The Labute approximate surface area is 261 Å². The molecule has 0 bridgehead atoms. The van der Waals surface area contributed by atoms with Crippen molar-refractivity contribution in [1.29, 1.82) is 0 Å². The number of carbonyl (C=O) groups is 3. The summed E-state index contributed by atoms with van der Waals surface area (Å²) in [5.41, 5.74) is 1.57. The topological polar surface area (TPSA) is 118 Å². The van der Waals surface area contributed by atoms with E-state index in [-0.39, 0.29) is 29.2 Å². The lowest BCUT2D eigenvalue weighted by Crippen LogP contribution is -2.32. The first-order chi connectivity index (χ1) is 20.2. The van der Waals surface area contributed by atoms with E-state index < -0.39 is 17.1 Å². The molecule has 9 nitrogen and oxygen atoms in total. The first kappa shape index (κ1) is 28.5. The van der Waals surface area contributed by atoms with Gasteiger partial charge >= 0.3 is 4.87 Å². The van der Waals surface area contributed by atoms with Crippen molar-refractivity contribution >= 4 is 79.7 Å². The number of nitrogens with one attached hydrogen (secondary N) is 2. The molecule has 2 N–H and O–H groups in total. The van der Waals surface area contributed by atoms with Crippen LogP contribution in [0.3, 0.4) is 0 Å². The van der Waals surface area contributed by atoms with Crippen molar-refractivity contribution in [2.24, 2.45) is 5.92 Å². The number of rotatable bonds is 7. The zero-order chi connectivity index (χ0) is 29.5. The van der Waals surface area contributed by atoms with Crippen molar-refractivity contribution in [1.82, 2.24) is 4.98 Å². The van der Waals surface area contributed by atoms with E-state index >= 15 is 0 Å². The van der Waals surface area contributed by atoms with Crippen molar-refractivity contribution in [2.45, 2.75) is 16.2 Å². The molecule has 0 saturated carbocycles. The third kappa shape index (κ3) is 5.35. The standard InChI is InChI=1S/C29H21BrClN3O6S2/c1-39-18-9-5-16(6-10-18)32-21(35)13-40-20-11-2-14(30)12-19(20)22-23-25(41-26-24(22)42-29(38)33-26)28(37)34(27(23)36)17-7-3-15(31)4-8-17/h2-12,22-23,25H,13H2,1H3,(H,32,35)(H,33,38)/t22-,23?,25?/m1/s1. The number of amides is 3. The molecule has 2 aliphatic heterocycles. The fourth-order valence-corrected chi connectivity index (χ4v) is 8.12. The van der Waals surface area contributed by atoms with Crippen LogP contribution >= 0.6 is 50.6 Å². The SMILES string of the molecule is COc1ccc(NC(=O)COc2ccc(Br)cc2[C@H]2c3sc(=O)[nH]c3SC3C(=O)N(c4ccc(Cl)cc4)C(=O)C32)cc1. The highest BCUT2D eigenvalue weighted by Crippen LogP contribution is 2.54. The second-order valence-corrected chi connectivity index (χ2v) is 13.0. The molecule has 42 heavy (non-hydrogen) atoms. The fourth-order valence-electron chi connectivity index (χ4n) is 5.11.